The summed E-state index contributed by atoms with van der Waals surface area (Å²) in [6, 6.07) is 52.7. The molecule has 0 atom stereocenters. The van der Waals surface area contributed by atoms with Crippen molar-refractivity contribution in [3.8, 4) is 44.5 Å². The van der Waals surface area contributed by atoms with Crippen molar-refractivity contribution in [3.05, 3.63) is 179 Å². The van der Waals surface area contributed by atoms with Gasteiger partial charge in [0, 0.05) is 0 Å². The zero-order valence-electron chi connectivity index (χ0n) is 38.1. The fourth-order valence-electron chi connectivity index (χ4n) is 8.04. The van der Waals surface area contributed by atoms with E-state index in [9.17, 15) is 0 Å². The van der Waals surface area contributed by atoms with E-state index in [1.54, 1.807) is 0 Å². The van der Waals surface area contributed by atoms with Gasteiger partial charge in [-0.3, -0.25) is 0 Å². The van der Waals surface area contributed by atoms with E-state index in [-0.39, 0.29) is 0 Å². The molecule has 0 aliphatic carbocycles. The zero-order chi connectivity index (χ0) is 44.6. The van der Waals surface area contributed by atoms with E-state index in [4.69, 9.17) is 25.0 Å². The van der Waals surface area contributed by atoms with Crippen LogP contribution in [0.5, 0.6) is 0 Å². The molecule has 0 N–H and O–H groups in total. The molecule has 0 aliphatic heterocycles. The number of halogens is 2. The topological polar surface area (TPSA) is 3.24 Å². The van der Waals surface area contributed by atoms with Gasteiger partial charge in [0.1, 0.15) is 16.5 Å². The van der Waals surface area contributed by atoms with Gasteiger partial charge in [0.2, 0.25) is 0 Å². The van der Waals surface area contributed by atoms with Gasteiger partial charge in [0.25, 0.3) is 0 Å². The Morgan fingerprint density at radius 3 is 1.10 bits per heavy atom. The van der Waals surface area contributed by atoms with E-state index in [1.165, 1.54) is 99.4 Å². The third-order valence-electron chi connectivity index (χ3n) is 11.9. The summed E-state index contributed by atoms with van der Waals surface area (Å²) in [5.74, 6) is 0. The number of hydrogen-bond donors (Lipinski definition) is 0. The van der Waals surface area contributed by atoms with Gasteiger partial charge < -0.3 is 4.14 Å². The first-order chi connectivity index (χ1) is 28.9. The standard InChI is InChI=1S/2C24H21.C6H18BNSi2.2ClH.Zr/c2*1-16-12-13-22(18(3)17(16)2)23-11-7-10-20-14-21(15-24(20)23)19-8-5-4-6-9-19;1-9(2,3)8(7)10(4,5)6;;;/h2*4-15H,1-3H3;1-6H3;2*1H;/q2*-1;;;;+4/p-2. The first-order valence-electron chi connectivity index (χ1n) is 21.0. The fourth-order valence-corrected chi connectivity index (χ4v) is 16.1. The Hall–Kier alpha value is -3.54. The second kappa shape index (κ2) is 21.2. The Labute approximate surface area is 389 Å². The average molecular weight is 952 g/mol. The van der Waals surface area contributed by atoms with Gasteiger partial charge in [-0.15, -0.1) is 69.1 Å². The molecule has 0 spiro atoms. The van der Waals surface area contributed by atoms with Crippen LogP contribution in [0.1, 0.15) is 33.4 Å². The summed E-state index contributed by atoms with van der Waals surface area (Å²) in [5, 5.41) is 5.29. The first-order valence-corrected chi connectivity index (χ1v) is 34.2. The van der Waals surface area contributed by atoms with Gasteiger partial charge in [0.05, 0.1) is 0 Å². The third-order valence-corrected chi connectivity index (χ3v) is 18.8. The molecular formula is C54H60BCl2NSi2Zr. The average Bonchev–Trinajstić information content (AvgIpc) is 3.89. The Morgan fingerprint density at radius 1 is 0.443 bits per heavy atom. The molecule has 61 heavy (non-hydrogen) atoms. The van der Waals surface area contributed by atoms with E-state index < -0.39 is 37.3 Å². The van der Waals surface area contributed by atoms with Crippen LogP contribution in [0.15, 0.2) is 146 Å². The summed E-state index contributed by atoms with van der Waals surface area (Å²) in [6.45, 7) is 27.0. The summed E-state index contributed by atoms with van der Waals surface area (Å²) >= 11 is -0.826. The van der Waals surface area contributed by atoms with E-state index in [0.29, 0.717) is 0 Å². The predicted octanol–water partition coefficient (Wildman–Crippen LogP) is 17.1. The van der Waals surface area contributed by atoms with E-state index >= 15 is 0 Å². The second-order valence-electron chi connectivity index (χ2n) is 18.0. The normalized spacial score (nSPS) is 11.3. The maximum atomic E-state index is 5.98. The van der Waals surface area contributed by atoms with E-state index in [0.717, 1.165) is 0 Å². The molecule has 310 valence electrons. The van der Waals surface area contributed by atoms with Crippen molar-refractivity contribution in [2.24, 2.45) is 0 Å². The third kappa shape index (κ3) is 11.9. The van der Waals surface area contributed by atoms with Crippen LogP contribution in [0.25, 0.3) is 66.1 Å². The van der Waals surface area contributed by atoms with Crippen LogP contribution in [0.3, 0.4) is 0 Å². The van der Waals surface area contributed by atoms with Crippen LogP contribution >= 0.6 is 17.0 Å². The molecule has 8 aromatic carbocycles. The molecule has 8 rings (SSSR count). The zero-order valence-corrected chi connectivity index (χ0v) is 44.1. The van der Waals surface area contributed by atoms with E-state index in [1.807, 2.05) is 0 Å². The summed E-state index contributed by atoms with van der Waals surface area (Å²) in [6.07, 6.45) is 0. The van der Waals surface area contributed by atoms with Crippen LogP contribution in [0.2, 0.25) is 39.3 Å². The molecule has 0 amide bonds. The van der Waals surface area contributed by atoms with Gasteiger partial charge in [-0.2, -0.15) is 0 Å². The summed E-state index contributed by atoms with van der Waals surface area (Å²) in [5.41, 5.74) is 18.7. The number of hydrogen-bond acceptors (Lipinski definition) is 1. The van der Waals surface area contributed by atoms with Crippen molar-refractivity contribution < 1.29 is 20.8 Å². The van der Waals surface area contributed by atoms with Crippen LogP contribution in [0, 0.1) is 41.5 Å². The number of rotatable bonds is 6. The van der Waals surface area contributed by atoms with Gasteiger partial charge in [-0.1, -0.05) is 171 Å². The number of nitrogens with zero attached hydrogens (tertiary/aromatic N) is 1. The molecule has 0 heterocycles. The molecule has 0 unspecified atom stereocenters. The van der Waals surface area contributed by atoms with Crippen molar-refractivity contribution in [1.82, 2.24) is 4.14 Å². The minimum absolute atomic E-state index is 0.826. The van der Waals surface area contributed by atoms with Crippen LogP contribution in [-0.4, -0.2) is 28.6 Å². The van der Waals surface area contributed by atoms with E-state index in [2.05, 4.69) is 231 Å². The predicted molar refractivity (Wildman–Crippen MR) is 275 cm³/mol. The van der Waals surface area contributed by atoms with Crippen molar-refractivity contribution in [2.75, 3.05) is 0 Å². The number of benzene rings is 6. The minimum atomic E-state index is -1.22. The molecule has 7 heteroatoms. The monoisotopic (exact) mass is 949 g/mol. The summed E-state index contributed by atoms with van der Waals surface area (Å²) in [4.78, 5) is 0. The fraction of sp³-hybridized carbons (Fsp3) is 0.222. The van der Waals surface area contributed by atoms with Crippen molar-refractivity contribution in [3.63, 3.8) is 0 Å². The first kappa shape index (κ1) is 48.5. The van der Waals surface area contributed by atoms with Crippen molar-refractivity contribution in [1.29, 1.82) is 0 Å². The molecule has 0 aromatic heterocycles. The number of fused-ring (bicyclic) bond motifs is 2. The van der Waals surface area contributed by atoms with Gasteiger partial charge in [-0.25, -0.2) is 0 Å². The Balaban J connectivity index is 0.000000181. The maximum absolute atomic E-state index is 5.98. The van der Waals surface area contributed by atoms with Crippen LogP contribution in [-0.2, 0) is 20.8 Å². The molecule has 0 fully saturated rings. The summed E-state index contributed by atoms with van der Waals surface area (Å²) in [7, 11) is 13.4. The van der Waals surface area contributed by atoms with Crippen molar-refractivity contribution >= 4 is 63.0 Å². The molecule has 1 nitrogen and oxygen atoms in total. The SMILES string of the molecule is Cc1ccc(-c2cccc3[cH-]c(-c4ccccc4)cc23)c(C)c1C.Cc1ccc(-c2cccc3[cH-]c(-c4ccccc4)cc23)c(C)c1C.[B]N([Si](C)(C)C)[Si](C)(C)C.[Cl][Zr+2][Cl]. The Morgan fingerprint density at radius 2 is 0.787 bits per heavy atom. The van der Waals surface area contributed by atoms with Gasteiger partial charge in [0.15, 0.2) is 7.98 Å². The molecule has 0 saturated heterocycles. The molecule has 8 aromatic rings. The van der Waals surface area contributed by atoms with Crippen LogP contribution < -0.4 is 0 Å². The van der Waals surface area contributed by atoms with Crippen LogP contribution in [0.4, 0.5) is 0 Å². The quantitative estimate of drug-likeness (QED) is 0.119. The summed E-state index contributed by atoms with van der Waals surface area (Å²) < 4.78 is 2.15. The van der Waals surface area contributed by atoms with Gasteiger partial charge in [-0.05, 0) is 86.1 Å². The molecule has 2 radical (unpaired) electrons. The molecular weight excluding hydrogens is 892 g/mol. The Bertz CT molecular complexity index is 2500. The molecule has 0 aliphatic rings. The number of aryl methyl sites for hydroxylation is 2. The van der Waals surface area contributed by atoms with Crippen molar-refractivity contribution in [2.45, 2.75) is 80.8 Å². The Kier molecular flexibility index (Phi) is 16.9. The van der Waals surface area contributed by atoms with Gasteiger partial charge >= 0.3 is 37.9 Å². The molecule has 0 bridgehead atoms. The molecule has 0 saturated carbocycles. The second-order valence-corrected chi connectivity index (χ2v) is 31.8.